The van der Waals surface area contributed by atoms with Gasteiger partial charge in [0.15, 0.2) is 5.96 Å². The number of nitrogens with zero attached hydrogens (tertiary/aromatic N) is 2. The predicted octanol–water partition coefficient (Wildman–Crippen LogP) is -2.88. The lowest BCUT2D eigenvalue weighted by molar-refractivity contribution is -0.146. The number of nitrogens with two attached hydrogens (primary N) is 2. The first-order valence-corrected chi connectivity index (χ1v) is 18.0. The van der Waals surface area contributed by atoms with Crippen molar-refractivity contribution in [1.29, 1.82) is 0 Å². The number of rotatable bonds is 24. The van der Waals surface area contributed by atoms with Gasteiger partial charge in [0.1, 0.15) is 35.8 Å². The molecule has 0 spiro atoms. The van der Waals surface area contributed by atoms with E-state index in [2.05, 4.69) is 46.9 Å². The summed E-state index contributed by atoms with van der Waals surface area (Å²) in [6.07, 6.45) is -0.373. The number of nitrogens with one attached hydrogen (secondary N) is 7. The van der Waals surface area contributed by atoms with Gasteiger partial charge in [0.25, 0.3) is 0 Å². The van der Waals surface area contributed by atoms with E-state index in [-0.39, 0.29) is 44.1 Å². The minimum absolute atomic E-state index is 0.0132. The van der Waals surface area contributed by atoms with Crippen molar-refractivity contribution in [3.63, 3.8) is 0 Å². The second-order valence-electron chi connectivity index (χ2n) is 14.3. The van der Waals surface area contributed by atoms with E-state index in [4.69, 9.17) is 20.9 Å². The van der Waals surface area contributed by atoms with Gasteiger partial charge in [-0.15, -0.1) is 0 Å². The number of esters is 1. The Morgan fingerprint density at radius 2 is 1.36 bits per heavy atom. The number of imidazole rings is 1. The Kier molecular flexibility index (Phi) is 20.7. The molecule has 0 saturated heterocycles. The number of ether oxygens (including phenoxy) is 2. The maximum atomic E-state index is 13.8. The summed E-state index contributed by atoms with van der Waals surface area (Å²) in [4.78, 5) is 125. The van der Waals surface area contributed by atoms with E-state index >= 15 is 0 Å². The normalized spacial score (nSPS) is 13.6. The number of alkyl carbamates (subject to hydrolysis) is 1. The number of hydrogen-bond donors (Lipinski definition) is 11. The SMILES string of the molecule is COC(=O)C(CC(C)C)NC(=O)C(CC(=O)O)NC(=O)C(Cc1cnc[nH]1)NC(=O)C(CCCN=C(N)N)NC(=O)CNC(=O)C(CC(=O)O)NC(=O)OC(C)(C)C. The van der Waals surface area contributed by atoms with Crippen LogP contribution in [0, 0.1) is 5.92 Å². The number of methoxy groups -OCH3 is 1. The third-order valence-electron chi connectivity index (χ3n) is 7.54. The summed E-state index contributed by atoms with van der Waals surface area (Å²) in [5.74, 6) is -9.05. The molecule has 13 N–H and O–H groups in total. The fourth-order valence-corrected chi connectivity index (χ4v) is 5.00. The number of guanidine groups is 1. The lowest BCUT2D eigenvalue weighted by Gasteiger charge is -2.26. The summed E-state index contributed by atoms with van der Waals surface area (Å²) >= 11 is 0. The summed E-state index contributed by atoms with van der Waals surface area (Å²) in [5, 5.41) is 32.7. The monoisotopic (exact) mass is 825 g/mol. The number of carbonyl (C=O) groups is 9. The fourth-order valence-electron chi connectivity index (χ4n) is 5.00. The van der Waals surface area contributed by atoms with E-state index in [1.807, 2.05) is 0 Å². The molecule has 0 radical (unpaired) electrons. The minimum Gasteiger partial charge on any atom is -0.481 e. The molecule has 24 heteroatoms. The second-order valence-corrected chi connectivity index (χ2v) is 14.3. The zero-order valence-corrected chi connectivity index (χ0v) is 33.2. The van der Waals surface area contributed by atoms with Crippen molar-refractivity contribution in [2.75, 3.05) is 20.2 Å². The number of carboxylic acid groups (broad SMARTS) is 2. The lowest BCUT2D eigenvalue weighted by atomic mass is 10.0. The molecule has 0 aliphatic carbocycles. The van der Waals surface area contributed by atoms with Crippen LogP contribution in [0.4, 0.5) is 4.79 Å². The molecule has 0 saturated carbocycles. The number of amides is 6. The van der Waals surface area contributed by atoms with Crippen molar-refractivity contribution in [2.24, 2.45) is 22.4 Å². The van der Waals surface area contributed by atoms with E-state index < -0.39 is 109 Å². The number of H-pyrrole nitrogens is 1. The van der Waals surface area contributed by atoms with Crippen molar-refractivity contribution in [1.82, 2.24) is 41.9 Å². The average Bonchev–Trinajstić information content (AvgIpc) is 3.62. The zero-order valence-electron chi connectivity index (χ0n) is 33.2. The Morgan fingerprint density at radius 1 is 0.810 bits per heavy atom. The fraction of sp³-hybridized carbons (Fsp3) is 0.618. The van der Waals surface area contributed by atoms with E-state index in [1.54, 1.807) is 34.6 Å². The number of aromatic amines is 1. The summed E-state index contributed by atoms with van der Waals surface area (Å²) in [7, 11) is 1.11. The minimum atomic E-state index is -1.72. The Morgan fingerprint density at radius 3 is 1.88 bits per heavy atom. The van der Waals surface area contributed by atoms with Crippen LogP contribution in [0.3, 0.4) is 0 Å². The Labute approximate surface area is 333 Å². The van der Waals surface area contributed by atoms with Gasteiger partial charge in [-0.05, 0) is 46.0 Å². The molecule has 1 heterocycles. The molecule has 1 rings (SSSR count). The predicted molar refractivity (Wildman–Crippen MR) is 202 cm³/mol. The standard InChI is InChI=1S/C34H55N11O13/c1-17(2)10-23(31(55)57-6)44-30(54)22(13-26(49)50)43-29(53)20(11-18-14-37-16-40-18)42-28(52)19(8-7-9-38-32(35)36)41-24(46)15-39-27(51)21(12-25(47)48)45-33(56)58-34(3,4)5/h14,16-17,19-23H,7-13,15H2,1-6H3,(H,37,40)(H,39,51)(H,41,46)(H,42,52)(H,43,53)(H,44,54)(H,45,56)(H,47,48)(H,49,50)(H4,35,36,38). The summed E-state index contributed by atoms with van der Waals surface area (Å²) in [6, 6.07) is -7.46. The summed E-state index contributed by atoms with van der Waals surface area (Å²) < 4.78 is 9.82. The molecule has 24 nitrogen and oxygen atoms in total. The van der Waals surface area contributed by atoms with E-state index in [9.17, 15) is 53.4 Å². The van der Waals surface area contributed by atoms with Gasteiger partial charge in [-0.1, -0.05) is 13.8 Å². The molecular weight excluding hydrogens is 770 g/mol. The van der Waals surface area contributed by atoms with Crippen LogP contribution in [-0.2, 0) is 54.3 Å². The van der Waals surface area contributed by atoms with Crippen molar-refractivity contribution >= 4 is 59.5 Å². The van der Waals surface area contributed by atoms with Crippen LogP contribution >= 0.6 is 0 Å². The third-order valence-corrected chi connectivity index (χ3v) is 7.54. The van der Waals surface area contributed by atoms with Gasteiger partial charge in [0.2, 0.25) is 29.5 Å². The highest BCUT2D eigenvalue weighted by Gasteiger charge is 2.34. The second kappa shape index (κ2) is 24.2. The van der Waals surface area contributed by atoms with Crippen LogP contribution < -0.4 is 43.4 Å². The Bertz CT molecular complexity index is 1620. The van der Waals surface area contributed by atoms with Crippen LogP contribution in [0.5, 0.6) is 0 Å². The maximum Gasteiger partial charge on any atom is 0.408 e. The van der Waals surface area contributed by atoms with Gasteiger partial charge in [-0.3, -0.25) is 38.6 Å². The first-order chi connectivity index (χ1) is 27.0. The van der Waals surface area contributed by atoms with Gasteiger partial charge in [-0.2, -0.15) is 0 Å². The molecule has 1 aromatic heterocycles. The highest BCUT2D eigenvalue weighted by atomic mass is 16.6. The first kappa shape index (κ1) is 49.5. The van der Waals surface area contributed by atoms with Crippen LogP contribution in [0.25, 0.3) is 0 Å². The van der Waals surface area contributed by atoms with Gasteiger partial charge in [0, 0.05) is 24.9 Å². The highest BCUT2D eigenvalue weighted by Crippen LogP contribution is 2.10. The number of aliphatic imine (C=N–C) groups is 1. The molecule has 6 amide bonds. The first-order valence-electron chi connectivity index (χ1n) is 18.0. The molecule has 0 aliphatic heterocycles. The number of carboxylic acids is 2. The third kappa shape index (κ3) is 20.4. The summed E-state index contributed by atoms with van der Waals surface area (Å²) in [6.45, 7) is 7.41. The molecule has 0 aliphatic rings. The number of carbonyl (C=O) groups excluding carboxylic acids is 7. The number of aromatic nitrogens is 2. The van der Waals surface area contributed by atoms with E-state index in [0.717, 1.165) is 7.11 Å². The van der Waals surface area contributed by atoms with Crippen molar-refractivity contribution < 1.29 is 62.8 Å². The number of hydrogen-bond acceptors (Lipinski definition) is 13. The lowest BCUT2D eigenvalue weighted by Crippen LogP contribution is -2.59. The highest BCUT2D eigenvalue weighted by molar-refractivity contribution is 5.97. The molecule has 324 valence electrons. The van der Waals surface area contributed by atoms with Gasteiger partial charge in [0.05, 0.1) is 32.8 Å². The van der Waals surface area contributed by atoms with Crippen LogP contribution in [-0.4, -0.2) is 136 Å². The van der Waals surface area contributed by atoms with Crippen LogP contribution in [0.2, 0.25) is 0 Å². The molecule has 5 atom stereocenters. The van der Waals surface area contributed by atoms with Crippen molar-refractivity contribution in [3.8, 4) is 0 Å². The molecule has 58 heavy (non-hydrogen) atoms. The van der Waals surface area contributed by atoms with Gasteiger partial charge >= 0.3 is 24.0 Å². The average molecular weight is 826 g/mol. The maximum absolute atomic E-state index is 13.8. The Balaban J connectivity index is 3.30. The zero-order chi connectivity index (χ0) is 44.2. The quantitative estimate of drug-likeness (QED) is 0.0216. The van der Waals surface area contributed by atoms with Crippen molar-refractivity contribution in [2.45, 2.75) is 109 Å². The van der Waals surface area contributed by atoms with Crippen LogP contribution in [0.1, 0.15) is 72.4 Å². The molecular formula is C34H55N11O13. The smallest absolute Gasteiger partial charge is 0.408 e. The molecule has 5 unspecified atom stereocenters. The largest absolute Gasteiger partial charge is 0.481 e. The summed E-state index contributed by atoms with van der Waals surface area (Å²) in [5.41, 5.74) is 10.1. The Hall–Kier alpha value is -6.49. The number of aliphatic carboxylic acids is 2. The van der Waals surface area contributed by atoms with Gasteiger partial charge < -0.3 is 68.0 Å². The van der Waals surface area contributed by atoms with Crippen molar-refractivity contribution in [3.05, 3.63) is 18.2 Å². The topological polar surface area (TPSA) is 378 Å². The van der Waals surface area contributed by atoms with E-state index in [0.29, 0.717) is 5.69 Å². The molecule has 0 aromatic carbocycles. The van der Waals surface area contributed by atoms with Crippen LogP contribution in [0.15, 0.2) is 17.5 Å². The van der Waals surface area contributed by atoms with Gasteiger partial charge in [-0.25, -0.2) is 14.6 Å². The molecule has 0 bridgehead atoms. The molecule has 0 fully saturated rings. The molecule has 1 aromatic rings. The van der Waals surface area contributed by atoms with E-state index in [1.165, 1.54) is 12.5 Å².